The molecule has 1 aliphatic heterocycles. The molecule has 1 heterocycles. The number of nitrogens with zero attached hydrogens (tertiary/aromatic N) is 1. The molecular formula is C15H29BN2S. The van der Waals surface area contributed by atoms with Gasteiger partial charge in [-0.15, -0.1) is 0 Å². The number of rotatable bonds is 1. The summed E-state index contributed by atoms with van der Waals surface area (Å²) in [6.45, 7) is 4.56. The number of hydrogen-bond acceptors (Lipinski definition) is 2. The Labute approximate surface area is 124 Å². The monoisotopic (exact) mass is 280 g/mol. The van der Waals surface area contributed by atoms with Gasteiger partial charge in [-0.3, -0.25) is 0 Å². The number of fused-ring (bicyclic) bond motifs is 1. The first kappa shape index (κ1) is 15.3. The Morgan fingerprint density at radius 2 is 2.05 bits per heavy atom. The van der Waals surface area contributed by atoms with E-state index in [4.69, 9.17) is 18.0 Å². The van der Waals surface area contributed by atoms with Gasteiger partial charge in [0.25, 0.3) is 0 Å². The number of thiocarbonyl (C=S) groups is 1. The van der Waals surface area contributed by atoms with Crippen molar-refractivity contribution in [2.45, 2.75) is 82.7 Å². The summed E-state index contributed by atoms with van der Waals surface area (Å²) in [5.41, 5.74) is 6.55. The summed E-state index contributed by atoms with van der Waals surface area (Å²) in [6, 6.07) is 1.17. The van der Waals surface area contributed by atoms with Gasteiger partial charge in [-0.05, 0) is 57.3 Å². The molecule has 0 radical (unpaired) electrons. The van der Waals surface area contributed by atoms with Gasteiger partial charge >= 0.3 is 0 Å². The minimum absolute atomic E-state index is 0.0227. The second kappa shape index (κ2) is 6.13. The molecule has 0 aromatic rings. The predicted octanol–water partition coefficient (Wildman–Crippen LogP) is 2.45. The van der Waals surface area contributed by atoms with Crippen LogP contribution in [0.25, 0.3) is 0 Å². The Kier molecular flexibility index (Phi) is 4.94. The van der Waals surface area contributed by atoms with Crippen molar-refractivity contribution in [2.24, 2.45) is 11.7 Å². The third-order valence-corrected chi connectivity index (χ3v) is 5.37. The van der Waals surface area contributed by atoms with Gasteiger partial charge in [0.15, 0.2) is 0 Å². The van der Waals surface area contributed by atoms with E-state index in [0.717, 1.165) is 12.3 Å². The molecule has 1 saturated heterocycles. The van der Waals surface area contributed by atoms with Gasteiger partial charge in [0.05, 0.1) is 4.99 Å². The molecule has 2 fully saturated rings. The van der Waals surface area contributed by atoms with E-state index in [1.165, 1.54) is 49.9 Å². The molecule has 4 heteroatoms. The van der Waals surface area contributed by atoms with Gasteiger partial charge in [0, 0.05) is 12.1 Å². The summed E-state index contributed by atoms with van der Waals surface area (Å²) in [4.78, 5) is 3.72. The van der Waals surface area contributed by atoms with Crippen molar-refractivity contribution in [1.29, 1.82) is 0 Å². The smallest absolute Gasteiger partial charge is 0.127 e. The molecule has 0 bridgehead atoms. The van der Waals surface area contributed by atoms with Crippen LogP contribution < -0.4 is 5.73 Å². The first-order valence-electron chi connectivity index (χ1n) is 8.01. The highest BCUT2D eigenvalue weighted by Crippen LogP contribution is 2.36. The van der Waals surface area contributed by atoms with Crippen LogP contribution in [0.5, 0.6) is 0 Å². The molecule has 2 rings (SSSR count). The van der Waals surface area contributed by atoms with E-state index in [2.05, 4.69) is 26.6 Å². The van der Waals surface area contributed by atoms with Crippen molar-refractivity contribution >= 4 is 25.1 Å². The van der Waals surface area contributed by atoms with Crippen molar-refractivity contribution < 1.29 is 0 Å². The Morgan fingerprint density at radius 3 is 2.74 bits per heavy atom. The van der Waals surface area contributed by atoms with Crippen LogP contribution >= 0.6 is 12.2 Å². The molecule has 1 saturated carbocycles. The van der Waals surface area contributed by atoms with Crippen LogP contribution in [0.3, 0.4) is 0 Å². The highest BCUT2D eigenvalue weighted by atomic mass is 32.1. The summed E-state index contributed by atoms with van der Waals surface area (Å²) in [7, 11) is 2.25. The fourth-order valence-electron chi connectivity index (χ4n) is 4.09. The molecular weight excluding hydrogens is 251 g/mol. The van der Waals surface area contributed by atoms with Crippen LogP contribution in [-0.2, 0) is 0 Å². The highest BCUT2D eigenvalue weighted by molar-refractivity contribution is 7.80. The zero-order valence-electron chi connectivity index (χ0n) is 12.8. The van der Waals surface area contributed by atoms with Gasteiger partial charge in [0.1, 0.15) is 7.85 Å². The molecule has 3 atom stereocenters. The lowest BCUT2D eigenvalue weighted by atomic mass is 9.67. The van der Waals surface area contributed by atoms with E-state index < -0.39 is 0 Å². The van der Waals surface area contributed by atoms with Crippen LogP contribution in [0.2, 0.25) is 0 Å². The molecule has 0 spiro atoms. The van der Waals surface area contributed by atoms with Crippen LogP contribution in [0.1, 0.15) is 65.2 Å². The first-order chi connectivity index (χ1) is 8.91. The molecule has 0 aromatic heterocycles. The van der Waals surface area contributed by atoms with Gasteiger partial charge in [-0.1, -0.05) is 31.5 Å². The second-order valence-electron chi connectivity index (χ2n) is 7.22. The summed E-state index contributed by atoms with van der Waals surface area (Å²) in [6.07, 6.45) is 9.95. The third-order valence-electron chi connectivity index (χ3n) is 4.95. The first-order valence-corrected chi connectivity index (χ1v) is 8.41. The number of hydrogen-bond donors (Lipinski definition) is 1. The van der Waals surface area contributed by atoms with E-state index in [-0.39, 0.29) is 5.44 Å². The van der Waals surface area contributed by atoms with Crippen molar-refractivity contribution in [3.05, 3.63) is 0 Å². The third kappa shape index (κ3) is 3.72. The lowest BCUT2D eigenvalue weighted by Gasteiger charge is -2.47. The SMILES string of the molecule is BC1(N)CCCCCC2C(CCC(=S)N2C(C)C)C1. The van der Waals surface area contributed by atoms with E-state index in [1.807, 2.05) is 0 Å². The number of nitrogens with two attached hydrogens (primary N) is 1. The summed E-state index contributed by atoms with van der Waals surface area (Å²) >= 11 is 5.64. The van der Waals surface area contributed by atoms with Crippen molar-refractivity contribution in [3.8, 4) is 0 Å². The van der Waals surface area contributed by atoms with Crippen molar-refractivity contribution in [3.63, 3.8) is 0 Å². The fourth-order valence-corrected chi connectivity index (χ4v) is 4.55. The van der Waals surface area contributed by atoms with Crippen LogP contribution in [-0.4, -0.2) is 35.3 Å². The topological polar surface area (TPSA) is 29.3 Å². The van der Waals surface area contributed by atoms with E-state index in [1.54, 1.807) is 0 Å². The maximum Gasteiger partial charge on any atom is 0.127 e. The van der Waals surface area contributed by atoms with Crippen molar-refractivity contribution in [1.82, 2.24) is 4.90 Å². The largest absolute Gasteiger partial charge is 0.360 e. The minimum atomic E-state index is 0.0227. The lowest BCUT2D eigenvalue weighted by Crippen LogP contribution is -2.54. The minimum Gasteiger partial charge on any atom is -0.360 e. The standard InChI is InChI=1S/C15H29BN2S/c1-11(2)18-13-6-4-3-5-9-15(16,17)10-12(13)7-8-14(18)19/h11-13H,3-10,16-17H2,1-2H3. The molecule has 2 nitrogen and oxygen atoms in total. The zero-order chi connectivity index (χ0) is 14.0. The van der Waals surface area contributed by atoms with Crippen molar-refractivity contribution in [2.75, 3.05) is 0 Å². The van der Waals surface area contributed by atoms with Gasteiger partial charge in [0.2, 0.25) is 0 Å². The molecule has 0 aromatic carbocycles. The maximum atomic E-state index is 6.53. The molecule has 2 N–H and O–H groups in total. The molecule has 3 unspecified atom stereocenters. The Morgan fingerprint density at radius 1 is 1.32 bits per heavy atom. The normalized spacial score (nSPS) is 37.5. The quantitative estimate of drug-likeness (QED) is 0.591. The number of likely N-dealkylation sites (tertiary alicyclic amines) is 1. The summed E-state index contributed by atoms with van der Waals surface area (Å²) in [5, 5.41) is 0. The Balaban J connectivity index is 2.20. The molecule has 1 aliphatic carbocycles. The lowest BCUT2D eigenvalue weighted by molar-refractivity contribution is 0.137. The fraction of sp³-hybridized carbons (Fsp3) is 0.933. The summed E-state index contributed by atoms with van der Waals surface area (Å²) < 4.78 is 0. The van der Waals surface area contributed by atoms with E-state index in [0.29, 0.717) is 12.1 Å². The van der Waals surface area contributed by atoms with E-state index >= 15 is 0 Å². The van der Waals surface area contributed by atoms with Gasteiger partial charge < -0.3 is 10.6 Å². The molecule has 0 amide bonds. The van der Waals surface area contributed by atoms with Crippen LogP contribution in [0.15, 0.2) is 0 Å². The predicted molar refractivity (Wildman–Crippen MR) is 89.2 cm³/mol. The second-order valence-corrected chi connectivity index (χ2v) is 7.69. The number of piperidine rings is 1. The average molecular weight is 280 g/mol. The Hall–Kier alpha value is -0.0851. The average Bonchev–Trinajstić information content (AvgIpc) is 2.37. The van der Waals surface area contributed by atoms with Gasteiger partial charge in [-0.25, -0.2) is 0 Å². The van der Waals surface area contributed by atoms with E-state index in [9.17, 15) is 0 Å². The molecule has 19 heavy (non-hydrogen) atoms. The van der Waals surface area contributed by atoms with Crippen LogP contribution in [0.4, 0.5) is 0 Å². The summed E-state index contributed by atoms with van der Waals surface area (Å²) in [5.74, 6) is 0.738. The maximum absolute atomic E-state index is 6.53. The highest BCUT2D eigenvalue weighted by Gasteiger charge is 2.38. The molecule has 108 valence electrons. The zero-order valence-corrected chi connectivity index (χ0v) is 13.6. The molecule has 2 aliphatic rings. The van der Waals surface area contributed by atoms with Crippen LogP contribution in [0, 0.1) is 5.92 Å². The Bertz CT molecular complexity index is 330. The van der Waals surface area contributed by atoms with Gasteiger partial charge in [-0.2, -0.15) is 0 Å².